The van der Waals surface area contributed by atoms with Gasteiger partial charge in [-0.1, -0.05) is 0 Å². The van der Waals surface area contributed by atoms with Crippen LogP contribution in [-0.4, -0.2) is 46.9 Å². The van der Waals surface area contributed by atoms with Crippen molar-refractivity contribution < 1.29 is 19.1 Å². The average Bonchev–Trinajstić information content (AvgIpc) is 2.52. The van der Waals surface area contributed by atoms with E-state index in [0.717, 1.165) is 0 Å². The lowest BCUT2D eigenvalue weighted by molar-refractivity contribution is -0.152. The van der Waals surface area contributed by atoms with E-state index in [4.69, 9.17) is 0 Å². The van der Waals surface area contributed by atoms with Gasteiger partial charge in [0.15, 0.2) is 0 Å². The SMILES string of the molecule is CCOC(=O)C(=O)Nc1cc(C(=O)N(CC)CC)cn(C)c1=O. The first-order valence-electron chi connectivity index (χ1n) is 7.33. The van der Waals surface area contributed by atoms with Crippen LogP contribution in [0.5, 0.6) is 0 Å². The number of rotatable bonds is 5. The van der Waals surface area contributed by atoms with Gasteiger partial charge in [-0.15, -0.1) is 0 Å². The molecule has 1 aromatic heterocycles. The van der Waals surface area contributed by atoms with Crippen LogP contribution < -0.4 is 10.9 Å². The molecule has 8 heteroatoms. The lowest BCUT2D eigenvalue weighted by atomic mass is 10.2. The van der Waals surface area contributed by atoms with E-state index in [1.54, 1.807) is 11.8 Å². The van der Waals surface area contributed by atoms with E-state index in [1.807, 2.05) is 13.8 Å². The number of pyridine rings is 1. The second kappa shape index (κ2) is 8.11. The zero-order valence-corrected chi connectivity index (χ0v) is 13.7. The van der Waals surface area contributed by atoms with E-state index >= 15 is 0 Å². The first-order valence-corrected chi connectivity index (χ1v) is 7.33. The summed E-state index contributed by atoms with van der Waals surface area (Å²) in [5, 5.41) is 2.19. The van der Waals surface area contributed by atoms with Gasteiger partial charge in [0.1, 0.15) is 5.69 Å². The van der Waals surface area contributed by atoms with E-state index in [-0.39, 0.29) is 23.8 Å². The Morgan fingerprint density at radius 1 is 1.22 bits per heavy atom. The van der Waals surface area contributed by atoms with Crippen molar-refractivity contribution in [2.24, 2.45) is 7.05 Å². The van der Waals surface area contributed by atoms with Gasteiger partial charge in [0.25, 0.3) is 11.5 Å². The van der Waals surface area contributed by atoms with Crippen molar-refractivity contribution in [3.63, 3.8) is 0 Å². The molecule has 0 atom stereocenters. The number of amides is 2. The number of nitrogens with one attached hydrogen (secondary N) is 1. The van der Waals surface area contributed by atoms with Crippen LogP contribution in [0.15, 0.2) is 17.1 Å². The van der Waals surface area contributed by atoms with Crippen LogP contribution in [0.1, 0.15) is 31.1 Å². The molecule has 1 N–H and O–H groups in total. The number of carbonyl (C=O) groups is 3. The summed E-state index contributed by atoms with van der Waals surface area (Å²) in [5.74, 6) is -2.41. The molecule has 0 unspecified atom stereocenters. The highest BCUT2D eigenvalue weighted by molar-refractivity contribution is 6.37. The molecule has 0 bridgehead atoms. The standard InChI is InChI=1S/C15H21N3O5/c1-5-18(6-2)13(20)10-8-11(14(21)17(4)9-10)16-12(19)15(22)23-7-3/h8-9H,5-7H2,1-4H3,(H,16,19). The fraction of sp³-hybridized carbons (Fsp3) is 0.467. The molecule has 126 valence electrons. The molecular formula is C15H21N3O5. The summed E-state index contributed by atoms with van der Waals surface area (Å²) in [6.07, 6.45) is 1.39. The number of nitrogens with zero attached hydrogens (tertiary/aromatic N) is 2. The van der Waals surface area contributed by atoms with Gasteiger partial charge in [-0.2, -0.15) is 0 Å². The molecule has 1 heterocycles. The molecular weight excluding hydrogens is 302 g/mol. The van der Waals surface area contributed by atoms with Gasteiger partial charge < -0.3 is 19.5 Å². The molecule has 2 amide bonds. The maximum Gasteiger partial charge on any atom is 0.397 e. The Kier molecular flexibility index (Phi) is 6.49. The van der Waals surface area contributed by atoms with Crippen LogP contribution in [-0.2, 0) is 21.4 Å². The van der Waals surface area contributed by atoms with E-state index in [1.165, 1.54) is 23.9 Å². The van der Waals surface area contributed by atoms with Crippen LogP contribution in [0.2, 0.25) is 0 Å². The highest BCUT2D eigenvalue weighted by Gasteiger charge is 2.20. The van der Waals surface area contributed by atoms with Crippen LogP contribution in [0.4, 0.5) is 5.69 Å². The van der Waals surface area contributed by atoms with Crippen molar-refractivity contribution >= 4 is 23.5 Å². The Bertz CT molecular complexity index is 662. The quantitative estimate of drug-likeness (QED) is 0.623. The fourth-order valence-corrected chi connectivity index (χ4v) is 1.98. The van der Waals surface area contributed by atoms with E-state index < -0.39 is 17.4 Å². The summed E-state index contributed by atoms with van der Waals surface area (Å²) < 4.78 is 5.74. The van der Waals surface area contributed by atoms with E-state index in [2.05, 4.69) is 10.1 Å². The third-order valence-corrected chi connectivity index (χ3v) is 3.19. The zero-order chi connectivity index (χ0) is 17.6. The van der Waals surface area contributed by atoms with Crippen LogP contribution in [0, 0.1) is 0 Å². The zero-order valence-electron chi connectivity index (χ0n) is 13.7. The summed E-state index contributed by atoms with van der Waals surface area (Å²) in [4.78, 5) is 49.0. The minimum Gasteiger partial charge on any atom is -0.459 e. The Labute approximate surface area is 134 Å². The van der Waals surface area contributed by atoms with Crippen molar-refractivity contribution in [3.8, 4) is 0 Å². The Morgan fingerprint density at radius 2 is 1.83 bits per heavy atom. The predicted molar refractivity (Wildman–Crippen MR) is 84.2 cm³/mol. The molecule has 0 aliphatic rings. The van der Waals surface area contributed by atoms with Crippen molar-refractivity contribution in [1.82, 2.24) is 9.47 Å². The maximum absolute atomic E-state index is 12.4. The summed E-state index contributed by atoms with van der Waals surface area (Å²) in [6.45, 7) is 6.32. The molecule has 0 saturated carbocycles. The topological polar surface area (TPSA) is 97.7 Å². The number of aromatic nitrogens is 1. The van der Waals surface area contributed by atoms with Crippen molar-refractivity contribution in [3.05, 3.63) is 28.2 Å². The Balaban J connectivity index is 3.14. The van der Waals surface area contributed by atoms with Gasteiger partial charge in [-0.05, 0) is 26.8 Å². The summed E-state index contributed by atoms with van der Waals surface area (Å²) in [6, 6.07) is 1.26. The number of esters is 1. The third kappa shape index (κ3) is 4.41. The smallest absolute Gasteiger partial charge is 0.397 e. The number of carbonyl (C=O) groups excluding carboxylic acids is 3. The fourth-order valence-electron chi connectivity index (χ4n) is 1.98. The van der Waals surface area contributed by atoms with E-state index in [0.29, 0.717) is 13.1 Å². The molecule has 0 radical (unpaired) electrons. The van der Waals surface area contributed by atoms with Gasteiger partial charge in [0.05, 0.1) is 12.2 Å². The molecule has 0 aliphatic heterocycles. The largest absolute Gasteiger partial charge is 0.459 e. The maximum atomic E-state index is 12.4. The molecule has 23 heavy (non-hydrogen) atoms. The third-order valence-electron chi connectivity index (χ3n) is 3.19. The van der Waals surface area contributed by atoms with E-state index in [9.17, 15) is 19.2 Å². The molecule has 0 aliphatic carbocycles. The normalized spacial score (nSPS) is 10.1. The van der Waals surface area contributed by atoms with Gasteiger partial charge in [-0.3, -0.25) is 14.4 Å². The average molecular weight is 323 g/mol. The molecule has 8 nitrogen and oxygen atoms in total. The molecule has 1 rings (SSSR count). The van der Waals surface area contributed by atoms with Gasteiger partial charge in [-0.25, -0.2) is 4.79 Å². The van der Waals surface area contributed by atoms with Crippen molar-refractivity contribution in [2.45, 2.75) is 20.8 Å². The first kappa shape index (κ1) is 18.4. The summed E-state index contributed by atoms with van der Waals surface area (Å²) >= 11 is 0. The number of hydrogen-bond acceptors (Lipinski definition) is 5. The molecule has 0 fully saturated rings. The summed E-state index contributed by atoms with van der Waals surface area (Å²) in [7, 11) is 1.46. The first-order chi connectivity index (χ1) is 10.8. The number of ether oxygens (including phenoxy) is 1. The molecule has 1 aromatic rings. The summed E-state index contributed by atoms with van der Waals surface area (Å²) in [5.41, 5.74) is -0.433. The molecule has 0 spiro atoms. The monoisotopic (exact) mass is 323 g/mol. The van der Waals surface area contributed by atoms with Gasteiger partial charge in [0.2, 0.25) is 0 Å². The minimum atomic E-state index is -1.09. The lowest BCUT2D eigenvalue weighted by Crippen LogP contribution is -2.33. The van der Waals surface area contributed by atoms with Crippen LogP contribution in [0.25, 0.3) is 0 Å². The molecule has 0 saturated heterocycles. The second-order valence-electron chi connectivity index (χ2n) is 4.71. The highest BCUT2D eigenvalue weighted by Crippen LogP contribution is 2.09. The van der Waals surface area contributed by atoms with Crippen molar-refractivity contribution in [1.29, 1.82) is 0 Å². The van der Waals surface area contributed by atoms with Crippen molar-refractivity contribution in [2.75, 3.05) is 25.0 Å². The van der Waals surface area contributed by atoms with Gasteiger partial charge in [0, 0.05) is 26.3 Å². The second-order valence-corrected chi connectivity index (χ2v) is 4.71. The Morgan fingerprint density at radius 3 is 2.35 bits per heavy atom. The Hall–Kier alpha value is -2.64. The van der Waals surface area contributed by atoms with Crippen LogP contribution >= 0.6 is 0 Å². The van der Waals surface area contributed by atoms with Crippen LogP contribution in [0.3, 0.4) is 0 Å². The number of hydrogen-bond donors (Lipinski definition) is 1. The predicted octanol–water partition coefficient (Wildman–Crippen LogP) is 0.369. The minimum absolute atomic E-state index is 0.0464. The number of anilines is 1. The molecule has 0 aromatic carbocycles. The highest BCUT2D eigenvalue weighted by atomic mass is 16.5. The lowest BCUT2D eigenvalue weighted by Gasteiger charge is -2.19. The number of aryl methyl sites for hydroxylation is 1. The van der Waals surface area contributed by atoms with Gasteiger partial charge >= 0.3 is 11.9 Å².